The highest BCUT2D eigenvalue weighted by Gasteiger charge is 2.22. The molecule has 17 heavy (non-hydrogen) atoms. The SMILES string of the molecule is C=CCNc1ccc(NC(=O)NC2CC2)cc1. The van der Waals surface area contributed by atoms with Crippen LogP contribution in [0.3, 0.4) is 0 Å². The van der Waals surface area contributed by atoms with E-state index in [4.69, 9.17) is 0 Å². The maximum Gasteiger partial charge on any atom is 0.319 e. The molecule has 0 atom stereocenters. The van der Waals surface area contributed by atoms with Crippen molar-refractivity contribution in [3.63, 3.8) is 0 Å². The maximum absolute atomic E-state index is 11.5. The zero-order valence-corrected chi connectivity index (χ0v) is 9.70. The number of urea groups is 1. The molecule has 0 bridgehead atoms. The maximum atomic E-state index is 11.5. The van der Waals surface area contributed by atoms with Crippen molar-refractivity contribution < 1.29 is 4.79 Å². The summed E-state index contributed by atoms with van der Waals surface area (Å²) in [5.74, 6) is 0. The van der Waals surface area contributed by atoms with Crippen LogP contribution in [0, 0.1) is 0 Å². The number of carbonyl (C=O) groups excluding carboxylic acids is 1. The lowest BCUT2D eigenvalue weighted by atomic mass is 10.3. The second-order valence-electron chi connectivity index (χ2n) is 4.12. The second-order valence-corrected chi connectivity index (χ2v) is 4.12. The van der Waals surface area contributed by atoms with Crippen LogP contribution in [0.4, 0.5) is 16.2 Å². The van der Waals surface area contributed by atoms with Crippen LogP contribution in [-0.4, -0.2) is 18.6 Å². The normalized spacial score (nSPS) is 13.9. The molecule has 4 nitrogen and oxygen atoms in total. The van der Waals surface area contributed by atoms with Crippen molar-refractivity contribution in [3.8, 4) is 0 Å². The number of carbonyl (C=O) groups is 1. The van der Waals surface area contributed by atoms with Crippen molar-refractivity contribution >= 4 is 17.4 Å². The summed E-state index contributed by atoms with van der Waals surface area (Å²) < 4.78 is 0. The lowest BCUT2D eigenvalue weighted by molar-refractivity contribution is 0.251. The van der Waals surface area contributed by atoms with Gasteiger partial charge in [0, 0.05) is 24.0 Å². The number of anilines is 2. The number of rotatable bonds is 5. The minimum Gasteiger partial charge on any atom is -0.382 e. The van der Waals surface area contributed by atoms with E-state index in [-0.39, 0.29) is 6.03 Å². The van der Waals surface area contributed by atoms with Crippen molar-refractivity contribution in [2.75, 3.05) is 17.2 Å². The van der Waals surface area contributed by atoms with Gasteiger partial charge in [0.2, 0.25) is 0 Å². The zero-order chi connectivity index (χ0) is 12.1. The fraction of sp³-hybridized carbons (Fsp3) is 0.308. The van der Waals surface area contributed by atoms with Crippen LogP contribution < -0.4 is 16.0 Å². The molecule has 0 spiro atoms. The number of nitrogens with one attached hydrogen (secondary N) is 3. The van der Waals surface area contributed by atoms with Crippen molar-refractivity contribution in [2.24, 2.45) is 0 Å². The molecule has 2 rings (SSSR count). The van der Waals surface area contributed by atoms with Gasteiger partial charge in [-0.1, -0.05) is 6.08 Å². The van der Waals surface area contributed by atoms with Gasteiger partial charge in [0.05, 0.1) is 0 Å². The Kier molecular flexibility index (Phi) is 3.65. The molecule has 0 radical (unpaired) electrons. The standard InChI is InChI=1S/C13H17N3O/c1-2-9-14-10-3-5-11(6-4-10)15-13(17)16-12-7-8-12/h2-6,12,14H,1,7-9H2,(H2,15,16,17). The predicted octanol–water partition coefficient (Wildman–Crippen LogP) is 2.57. The first-order valence-electron chi connectivity index (χ1n) is 5.80. The average molecular weight is 231 g/mol. The van der Waals surface area contributed by atoms with E-state index in [1.165, 1.54) is 0 Å². The highest BCUT2D eigenvalue weighted by atomic mass is 16.2. The topological polar surface area (TPSA) is 53.2 Å². The average Bonchev–Trinajstić information content (AvgIpc) is 3.12. The van der Waals surface area contributed by atoms with Gasteiger partial charge in [-0.05, 0) is 37.1 Å². The highest BCUT2D eigenvalue weighted by molar-refractivity contribution is 5.89. The molecule has 0 aliphatic heterocycles. The van der Waals surface area contributed by atoms with Crippen LogP contribution in [0.1, 0.15) is 12.8 Å². The van der Waals surface area contributed by atoms with Crippen molar-refractivity contribution in [2.45, 2.75) is 18.9 Å². The Balaban J connectivity index is 1.83. The molecule has 0 aromatic heterocycles. The zero-order valence-electron chi connectivity index (χ0n) is 9.70. The van der Waals surface area contributed by atoms with Crippen LogP contribution in [0.25, 0.3) is 0 Å². The van der Waals surface area contributed by atoms with Crippen LogP contribution in [0.2, 0.25) is 0 Å². The molecule has 1 aromatic rings. The van der Waals surface area contributed by atoms with Gasteiger partial charge in [-0.25, -0.2) is 4.79 Å². The first-order valence-corrected chi connectivity index (χ1v) is 5.80. The van der Waals surface area contributed by atoms with Gasteiger partial charge in [0.25, 0.3) is 0 Å². The van der Waals surface area contributed by atoms with Crippen molar-refractivity contribution in [3.05, 3.63) is 36.9 Å². The van der Waals surface area contributed by atoms with Gasteiger partial charge in [0.15, 0.2) is 0 Å². The molecule has 1 aliphatic rings. The Morgan fingerprint density at radius 1 is 1.29 bits per heavy atom. The number of benzene rings is 1. The number of hydrogen-bond acceptors (Lipinski definition) is 2. The predicted molar refractivity (Wildman–Crippen MR) is 70.3 cm³/mol. The molecule has 1 fully saturated rings. The summed E-state index contributed by atoms with van der Waals surface area (Å²) in [5.41, 5.74) is 1.81. The molecule has 1 saturated carbocycles. The van der Waals surface area contributed by atoms with E-state index in [1.807, 2.05) is 24.3 Å². The Labute approximate surface area is 101 Å². The minimum absolute atomic E-state index is 0.126. The molecule has 2 amide bonds. The Morgan fingerprint density at radius 3 is 2.53 bits per heavy atom. The van der Waals surface area contributed by atoms with Gasteiger partial charge in [-0.3, -0.25) is 0 Å². The third kappa shape index (κ3) is 3.83. The summed E-state index contributed by atoms with van der Waals surface area (Å²) in [5, 5.41) is 8.84. The Hall–Kier alpha value is -1.97. The molecule has 3 N–H and O–H groups in total. The molecule has 0 unspecified atom stereocenters. The van der Waals surface area contributed by atoms with Crippen molar-refractivity contribution in [1.29, 1.82) is 0 Å². The summed E-state index contributed by atoms with van der Waals surface area (Å²) in [6, 6.07) is 7.85. The number of amides is 2. The van der Waals surface area contributed by atoms with E-state index in [0.717, 1.165) is 30.8 Å². The fourth-order valence-electron chi connectivity index (χ4n) is 1.44. The summed E-state index contributed by atoms with van der Waals surface area (Å²) in [6.45, 7) is 4.37. The van der Waals surface area contributed by atoms with Crippen LogP contribution in [0.15, 0.2) is 36.9 Å². The molecular formula is C13H17N3O. The van der Waals surface area contributed by atoms with E-state index in [1.54, 1.807) is 6.08 Å². The Morgan fingerprint density at radius 2 is 1.94 bits per heavy atom. The highest BCUT2D eigenvalue weighted by Crippen LogP contribution is 2.19. The molecule has 4 heteroatoms. The quantitative estimate of drug-likeness (QED) is 0.682. The van der Waals surface area contributed by atoms with Crippen LogP contribution in [0.5, 0.6) is 0 Å². The van der Waals surface area contributed by atoms with E-state index < -0.39 is 0 Å². The molecule has 0 heterocycles. The molecule has 90 valence electrons. The molecule has 0 saturated heterocycles. The van der Waals surface area contributed by atoms with E-state index in [0.29, 0.717) is 6.04 Å². The second kappa shape index (κ2) is 5.39. The summed E-state index contributed by atoms with van der Waals surface area (Å²) in [4.78, 5) is 11.5. The smallest absolute Gasteiger partial charge is 0.319 e. The monoisotopic (exact) mass is 231 g/mol. The van der Waals surface area contributed by atoms with Gasteiger partial charge in [-0.2, -0.15) is 0 Å². The Bertz CT molecular complexity index is 396. The first-order chi connectivity index (χ1) is 8.28. The third-order valence-corrected chi connectivity index (χ3v) is 2.51. The van der Waals surface area contributed by atoms with Gasteiger partial charge in [0.1, 0.15) is 0 Å². The lowest BCUT2D eigenvalue weighted by Gasteiger charge is -2.08. The van der Waals surface area contributed by atoms with E-state index in [2.05, 4.69) is 22.5 Å². The van der Waals surface area contributed by atoms with Gasteiger partial charge < -0.3 is 16.0 Å². The van der Waals surface area contributed by atoms with Crippen LogP contribution in [-0.2, 0) is 0 Å². The largest absolute Gasteiger partial charge is 0.382 e. The molecule has 1 aromatic carbocycles. The fourth-order valence-corrected chi connectivity index (χ4v) is 1.44. The van der Waals surface area contributed by atoms with Gasteiger partial charge >= 0.3 is 6.03 Å². The van der Waals surface area contributed by atoms with Crippen LogP contribution >= 0.6 is 0 Å². The summed E-state index contributed by atoms with van der Waals surface area (Å²) in [7, 11) is 0. The van der Waals surface area contributed by atoms with Crippen molar-refractivity contribution in [1.82, 2.24) is 5.32 Å². The minimum atomic E-state index is -0.126. The lowest BCUT2D eigenvalue weighted by Crippen LogP contribution is -2.30. The molecular weight excluding hydrogens is 214 g/mol. The molecule has 1 aliphatic carbocycles. The summed E-state index contributed by atoms with van der Waals surface area (Å²) in [6.07, 6.45) is 3.99. The van der Waals surface area contributed by atoms with E-state index in [9.17, 15) is 4.79 Å². The summed E-state index contributed by atoms with van der Waals surface area (Å²) >= 11 is 0. The third-order valence-electron chi connectivity index (χ3n) is 2.51. The van der Waals surface area contributed by atoms with E-state index >= 15 is 0 Å². The first kappa shape index (κ1) is 11.5. The number of hydrogen-bond donors (Lipinski definition) is 3. The van der Waals surface area contributed by atoms with Gasteiger partial charge in [-0.15, -0.1) is 6.58 Å².